The molecule has 0 spiro atoms. The minimum atomic E-state index is -0.930. The van der Waals surface area contributed by atoms with Crippen LogP contribution in [0.15, 0.2) is 22.3 Å². The first-order chi connectivity index (χ1) is 13.9. The van der Waals surface area contributed by atoms with Crippen LogP contribution in [-0.4, -0.2) is 35.1 Å². The number of esters is 4. The van der Waals surface area contributed by atoms with Crippen molar-refractivity contribution in [3.63, 3.8) is 0 Å². The van der Waals surface area contributed by atoms with Crippen LogP contribution in [-0.2, 0) is 28.7 Å². The molecule has 0 saturated heterocycles. The Labute approximate surface area is 170 Å². The number of carbonyl (C=O) groups excluding carboxylic acids is 4. The molecule has 1 aliphatic carbocycles. The molecule has 7 nitrogen and oxygen atoms in total. The Hall–Kier alpha value is -2.28. The summed E-state index contributed by atoms with van der Waals surface area (Å²) in [5, 5.41) is 10.9. The molecule has 3 unspecified atom stereocenters. The van der Waals surface area contributed by atoms with E-state index >= 15 is 0 Å². The Balaban J connectivity index is 2.10. The van der Waals surface area contributed by atoms with Crippen molar-refractivity contribution >= 4 is 23.9 Å². The van der Waals surface area contributed by atoms with E-state index in [2.05, 4.69) is 0 Å². The number of hydrogen-bond donors (Lipinski definition) is 1. The van der Waals surface area contributed by atoms with Gasteiger partial charge in [0.2, 0.25) is 0 Å². The summed E-state index contributed by atoms with van der Waals surface area (Å²) in [5.41, 5.74) is 1.03. The van der Waals surface area contributed by atoms with Gasteiger partial charge in [0.25, 0.3) is 0 Å². The van der Waals surface area contributed by atoms with E-state index < -0.39 is 35.9 Å². The molecule has 7 heteroatoms. The van der Waals surface area contributed by atoms with E-state index in [1.807, 2.05) is 13.8 Å². The number of rotatable bonds is 7. The molecule has 2 aliphatic heterocycles. The molecule has 29 heavy (non-hydrogen) atoms. The van der Waals surface area contributed by atoms with E-state index in [4.69, 9.17) is 9.47 Å². The molecule has 0 aromatic carbocycles. The van der Waals surface area contributed by atoms with Gasteiger partial charge in [0.05, 0.1) is 17.3 Å². The van der Waals surface area contributed by atoms with Crippen LogP contribution in [0.2, 0.25) is 0 Å². The minimum Gasteiger partial charge on any atom is -0.392 e. The second-order valence-electron chi connectivity index (χ2n) is 8.04. The third-order valence-corrected chi connectivity index (χ3v) is 6.13. The van der Waals surface area contributed by atoms with Crippen molar-refractivity contribution in [1.82, 2.24) is 0 Å². The average molecular weight is 404 g/mol. The van der Waals surface area contributed by atoms with Crippen LogP contribution in [0.3, 0.4) is 0 Å². The summed E-state index contributed by atoms with van der Waals surface area (Å²) in [6.07, 6.45) is 4.24. The van der Waals surface area contributed by atoms with Crippen LogP contribution < -0.4 is 0 Å². The van der Waals surface area contributed by atoms with E-state index in [9.17, 15) is 24.3 Å². The molecule has 0 bridgehead atoms. The fourth-order valence-corrected chi connectivity index (χ4v) is 4.53. The molecule has 3 atom stereocenters. The lowest BCUT2D eigenvalue weighted by molar-refractivity contribution is -0.153. The van der Waals surface area contributed by atoms with Gasteiger partial charge in [-0.05, 0) is 38.0 Å². The molecule has 158 valence electrons. The van der Waals surface area contributed by atoms with Crippen LogP contribution >= 0.6 is 0 Å². The molecule has 0 aromatic heterocycles. The van der Waals surface area contributed by atoms with E-state index in [0.717, 1.165) is 25.7 Å². The van der Waals surface area contributed by atoms with Gasteiger partial charge < -0.3 is 14.6 Å². The van der Waals surface area contributed by atoms with Gasteiger partial charge in [-0.3, -0.25) is 0 Å². The molecule has 0 amide bonds. The number of aliphatic hydroxyl groups excluding tert-OH is 1. The topological polar surface area (TPSA) is 107 Å². The number of hydrogen-bond acceptors (Lipinski definition) is 7. The zero-order valence-corrected chi connectivity index (χ0v) is 17.0. The van der Waals surface area contributed by atoms with E-state index in [1.54, 1.807) is 0 Å². The molecular weight excluding hydrogens is 376 g/mol. The maximum absolute atomic E-state index is 12.6. The first-order valence-electron chi connectivity index (χ1n) is 10.6. The van der Waals surface area contributed by atoms with Crippen molar-refractivity contribution in [2.24, 2.45) is 11.8 Å². The maximum atomic E-state index is 12.6. The number of ether oxygens (including phenoxy) is 2. The third kappa shape index (κ3) is 4.20. The average Bonchev–Trinajstić information content (AvgIpc) is 3.14. The Kier molecular flexibility index (Phi) is 6.67. The Morgan fingerprint density at radius 3 is 2.21 bits per heavy atom. The second-order valence-corrected chi connectivity index (χ2v) is 8.04. The van der Waals surface area contributed by atoms with Crippen LogP contribution in [0.1, 0.15) is 71.6 Å². The number of aliphatic hydroxyl groups is 1. The van der Waals surface area contributed by atoms with Crippen LogP contribution in [0.4, 0.5) is 0 Å². The molecule has 3 rings (SSSR count). The van der Waals surface area contributed by atoms with Gasteiger partial charge in [0, 0.05) is 17.1 Å². The first-order valence-corrected chi connectivity index (χ1v) is 10.6. The highest BCUT2D eigenvalue weighted by Gasteiger charge is 2.46. The molecule has 0 fully saturated rings. The first kappa shape index (κ1) is 21.4. The predicted molar refractivity (Wildman–Crippen MR) is 102 cm³/mol. The smallest absolute Gasteiger partial charge is 0.342 e. The number of unbranched alkanes of at least 4 members (excludes halogenated alkanes) is 2. The van der Waals surface area contributed by atoms with E-state index in [-0.39, 0.29) is 23.5 Å². The molecular formula is C22H28O7. The lowest BCUT2D eigenvalue weighted by atomic mass is 9.80. The fraction of sp³-hybridized carbons (Fsp3) is 0.636. The van der Waals surface area contributed by atoms with Gasteiger partial charge in [0.15, 0.2) is 0 Å². The van der Waals surface area contributed by atoms with Gasteiger partial charge in [-0.25, -0.2) is 19.2 Å². The largest absolute Gasteiger partial charge is 0.392 e. The van der Waals surface area contributed by atoms with Crippen LogP contribution in [0.5, 0.6) is 0 Å². The third-order valence-electron chi connectivity index (χ3n) is 6.13. The quantitative estimate of drug-likeness (QED) is 0.513. The number of carbonyl (C=O) groups is 4. The number of cyclic esters (lactones) is 4. The van der Waals surface area contributed by atoms with Crippen LogP contribution in [0, 0.1) is 11.8 Å². The Morgan fingerprint density at radius 2 is 1.52 bits per heavy atom. The lowest BCUT2D eigenvalue weighted by Gasteiger charge is -2.24. The molecule has 0 radical (unpaired) electrons. The zero-order valence-electron chi connectivity index (χ0n) is 17.0. The van der Waals surface area contributed by atoms with Crippen molar-refractivity contribution in [1.29, 1.82) is 0 Å². The minimum absolute atomic E-state index is 0.00744. The van der Waals surface area contributed by atoms with Gasteiger partial charge >= 0.3 is 23.9 Å². The van der Waals surface area contributed by atoms with Crippen molar-refractivity contribution in [3.8, 4) is 0 Å². The Bertz CT molecular complexity index is 789. The predicted octanol–water partition coefficient (Wildman–Crippen LogP) is 2.90. The summed E-state index contributed by atoms with van der Waals surface area (Å²) in [5.74, 6) is -3.81. The second kappa shape index (κ2) is 9.03. The summed E-state index contributed by atoms with van der Waals surface area (Å²) in [4.78, 5) is 49.7. The van der Waals surface area contributed by atoms with E-state index in [1.165, 1.54) is 0 Å². The van der Waals surface area contributed by atoms with Crippen molar-refractivity contribution in [2.75, 3.05) is 0 Å². The summed E-state index contributed by atoms with van der Waals surface area (Å²) >= 11 is 0. The summed E-state index contributed by atoms with van der Waals surface area (Å²) in [6.45, 7) is 4.02. The van der Waals surface area contributed by atoms with Crippen molar-refractivity contribution in [2.45, 2.75) is 77.7 Å². The summed E-state index contributed by atoms with van der Waals surface area (Å²) in [7, 11) is 0. The van der Waals surface area contributed by atoms with Gasteiger partial charge in [-0.15, -0.1) is 0 Å². The molecule has 3 aliphatic rings. The fourth-order valence-electron chi connectivity index (χ4n) is 4.53. The summed E-state index contributed by atoms with van der Waals surface area (Å²) < 4.78 is 9.76. The SMILES string of the molecule is CCCCC1CCC2=C(CC(C(O)CCCC)C3=C1C(=O)OC3=O)C(=O)OC2=O. The van der Waals surface area contributed by atoms with E-state index in [0.29, 0.717) is 36.8 Å². The lowest BCUT2D eigenvalue weighted by Crippen LogP contribution is -2.27. The highest BCUT2D eigenvalue weighted by molar-refractivity contribution is 6.14. The van der Waals surface area contributed by atoms with Gasteiger partial charge in [-0.2, -0.15) is 0 Å². The molecule has 0 saturated carbocycles. The standard InChI is InChI=1S/C22H28O7/c1-3-5-7-12-9-10-13-14(20(25)28-19(13)24)11-15(16(23)8-6-4-2)18-17(12)21(26)29-22(18)27/h12,15-16,23H,3-11H2,1-2H3. The monoisotopic (exact) mass is 404 g/mol. The van der Waals surface area contributed by atoms with Crippen LogP contribution in [0.25, 0.3) is 0 Å². The Morgan fingerprint density at radius 1 is 0.897 bits per heavy atom. The molecule has 2 heterocycles. The zero-order chi connectivity index (χ0) is 21.1. The van der Waals surface area contributed by atoms with Crippen molar-refractivity contribution in [3.05, 3.63) is 22.3 Å². The van der Waals surface area contributed by atoms with Gasteiger partial charge in [0.1, 0.15) is 0 Å². The highest BCUT2D eigenvalue weighted by atomic mass is 16.6. The normalized spacial score (nSPS) is 25.9. The maximum Gasteiger partial charge on any atom is 0.342 e. The molecule has 0 aromatic rings. The summed E-state index contributed by atoms with van der Waals surface area (Å²) in [6, 6.07) is 0. The van der Waals surface area contributed by atoms with Crippen molar-refractivity contribution < 1.29 is 33.8 Å². The molecule has 1 N–H and O–H groups in total. The van der Waals surface area contributed by atoms with Gasteiger partial charge in [-0.1, -0.05) is 39.5 Å². The highest BCUT2D eigenvalue weighted by Crippen LogP contribution is 2.43.